The Morgan fingerprint density at radius 2 is 0.429 bits per heavy atom. The van der Waals surface area contributed by atoms with Gasteiger partial charge in [0.2, 0.25) is 0 Å². The summed E-state index contributed by atoms with van der Waals surface area (Å²) in [6.07, 6.45) is 0. The zero-order valence-electron chi connectivity index (χ0n) is 3.86. The van der Waals surface area contributed by atoms with Gasteiger partial charge in [-0.2, -0.15) is 0 Å². The van der Waals surface area contributed by atoms with Crippen molar-refractivity contribution in [3.8, 4) is 0 Å². The zero-order chi connectivity index (χ0) is 0. The maximum Gasteiger partial charge on any atom is 0 e. The first-order valence-electron chi connectivity index (χ1n) is 0. The van der Waals surface area contributed by atoms with Crippen LogP contribution in [0.25, 0.3) is 0 Å². The summed E-state index contributed by atoms with van der Waals surface area (Å²) in [5, 5.41) is 0. The summed E-state index contributed by atoms with van der Waals surface area (Å²) in [7, 11) is 0. The molecule has 4 nitrogen and oxygen atoms in total. The maximum atomic E-state index is 0. The molecule has 0 aliphatic heterocycles. The van der Waals surface area contributed by atoms with E-state index in [-0.39, 0.29) is 66.7 Å². The van der Waals surface area contributed by atoms with E-state index in [1.807, 2.05) is 0 Å². The Bertz CT molecular complexity index is 9.65. The molecule has 0 spiro atoms. The fourth-order valence-corrected chi connectivity index (χ4v) is 0. The summed E-state index contributed by atoms with van der Waals surface area (Å²) in [4.78, 5) is 0. The van der Waals surface area contributed by atoms with E-state index < -0.39 is 0 Å². The van der Waals surface area contributed by atoms with Gasteiger partial charge in [-0.25, -0.2) is 0 Å². The molecule has 40 valence electrons. The monoisotopic (exact) mass is 135 g/mol. The average molecular weight is 135 g/mol. The van der Waals surface area contributed by atoms with Crippen molar-refractivity contribution in [2.45, 2.75) is 0 Å². The molecule has 0 saturated heterocycles. The molecule has 0 fully saturated rings. The minimum atomic E-state index is 0. The van der Waals surface area contributed by atoms with Crippen LogP contribution in [0.4, 0.5) is 0 Å². The molecule has 0 unspecified atom stereocenters. The van der Waals surface area contributed by atoms with Crippen molar-refractivity contribution in [2.75, 3.05) is 0 Å². The van der Waals surface area contributed by atoms with Crippen LogP contribution in [0, 0.1) is 0 Å². The van der Waals surface area contributed by atoms with Gasteiger partial charge in [0.25, 0.3) is 0 Å². The Kier molecular flexibility index (Phi) is 11300. The SMILES string of the molecule is O.O.O.O.[Al].[Al].[Be]. The fraction of sp³-hybridized carbons (Fsp3) is 0. The van der Waals surface area contributed by atoms with Crippen molar-refractivity contribution >= 4 is 44.8 Å². The van der Waals surface area contributed by atoms with E-state index in [1.54, 1.807) is 0 Å². The Labute approximate surface area is 67.0 Å². The Balaban J connectivity index is 0. The van der Waals surface area contributed by atoms with E-state index in [1.165, 1.54) is 0 Å². The van der Waals surface area contributed by atoms with E-state index in [9.17, 15) is 0 Å². The molecule has 7 heavy (non-hydrogen) atoms. The number of hydrogen-bond acceptors (Lipinski definition) is 0. The van der Waals surface area contributed by atoms with Crippen molar-refractivity contribution in [2.24, 2.45) is 0 Å². The van der Waals surface area contributed by atoms with E-state index in [0.29, 0.717) is 0 Å². The summed E-state index contributed by atoms with van der Waals surface area (Å²) in [5.74, 6) is 0. The molecule has 0 aliphatic rings. The quantitative estimate of drug-likeness (QED) is 0.297. The molecular formula is H8Al2BeO4. The molecule has 0 heterocycles. The molecule has 0 aromatic heterocycles. The van der Waals surface area contributed by atoms with Crippen LogP contribution in [0.5, 0.6) is 0 Å². The van der Waals surface area contributed by atoms with Gasteiger partial charge < -0.3 is 21.9 Å². The molecular weight excluding hydrogens is 127 g/mol. The first-order valence-corrected chi connectivity index (χ1v) is 0. The van der Waals surface area contributed by atoms with Crippen LogP contribution >= 0.6 is 0 Å². The van der Waals surface area contributed by atoms with Crippen molar-refractivity contribution < 1.29 is 21.9 Å². The van der Waals surface area contributed by atoms with Crippen molar-refractivity contribution in [3.05, 3.63) is 0 Å². The maximum absolute atomic E-state index is 0. The van der Waals surface area contributed by atoms with Crippen molar-refractivity contribution in [3.63, 3.8) is 0 Å². The third kappa shape index (κ3) is 158. The van der Waals surface area contributed by atoms with E-state index in [2.05, 4.69) is 0 Å². The normalized spacial score (nSPS) is 0. The standard InChI is InChI=1S/2Al.Be.4H2O/h;;;4*1H2. The van der Waals surface area contributed by atoms with Gasteiger partial charge in [0.05, 0.1) is 0 Å². The van der Waals surface area contributed by atoms with Gasteiger partial charge in [-0.1, -0.05) is 0 Å². The predicted molar refractivity (Wildman–Crippen MR) is 31.7 cm³/mol. The van der Waals surface area contributed by atoms with Gasteiger partial charge in [0.1, 0.15) is 0 Å². The van der Waals surface area contributed by atoms with Gasteiger partial charge in [0.15, 0.2) is 0 Å². The van der Waals surface area contributed by atoms with Crippen LogP contribution in [0.15, 0.2) is 0 Å². The molecule has 0 aromatic rings. The average Bonchev–Trinajstić information content (AvgIpc) is 0. The molecule has 0 aromatic carbocycles. The first kappa shape index (κ1) is 350. The van der Waals surface area contributed by atoms with E-state index in [4.69, 9.17) is 0 Å². The largest absolute Gasteiger partial charge is 0.412 e. The number of hydrogen-bond donors (Lipinski definition) is 0. The summed E-state index contributed by atoms with van der Waals surface area (Å²) in [5.41, 5.74) is 0. The smallest absolute Gasteiger partial charge is 0 e. The third-order valence-electron chi connectivity index (χ3n) is 0. The molecule has 0 amide bonds. The van der Waals surface area contributed by atoms with Crippen LogP contribution in [0.3, 0.4) is 0 Å². The molecule has 0 saturated carbocycles. The second kappa shape index (κ2) is 226. The topological polar surface area (TPSA) is 126 Å². The van der Waals surface area contributed by atoms with Gasteiger partial charge >= 0.3 is 0 Å². The van der Waals surface area contributed by atoms with Gasteiger partial charge in [0, 0.05) is 44.8 Å². The van der Waals surface area contributed by atoms with Gasteiger partial charge in [-0.05, 0) is 0 Å². The zero-order valence-corrected chi connectivity index (χ0v) is 6.17. The van der Waals surface area contributed by atoms with Crippen LogP contribution in [-0.4, -0.2) is 66.7 Å². The molecule has 0 atom stereocenters. The molecule has 8 radical (unpaired) electrons. The Morgan fingerprint density at radius 3 is 0.429 bits per heavy atom. The summed E-state index contributed by atoms with van der Waals surface area (Å²) in [6, 6.07) is 0. The third-order valence-corrected chi connectivity index (χ3v) is 0. The summed E-state index contributed by atoms with van der Waals surface area (Å²) in [6.45, 7) is 0. The molecule has 8 N–H and O–H groups in total. The van der Waals surface area contributed by atoms with Crippen LogP contribution in [0.1, 0.15) is 0 Å². The molecule has 0 aliphatic carbocycles. The van der Waals surface area contributed by atoms with E-state index in [0.717, 1.165) is 0 Å². The van der Waals surface area contributed by atoms with Gasteiger partial charge in [-0.15, -0.1) is 0 Å². The second-order valence-corrected chi connectivity index (χ2v) is 0. The second-order valence-electron chi connectivity index (χ2n) is 0. The van der Waals surface area contributed by atoms with Crippen LogP contribution in [-0.2, 0) is 0 Å². The molecule has 7 heteroatoms. The van der Waals surface area contributed by atoms with Crippen LogP contribution in [0.2, 0.25) is 0 Å². The van der Waals surface area contributed by atoms with E-state index >= 15 is 0 Å². The Morgan fingerprint density at radius 1 is 0.429 bits per heavy atom. The van der Waals surface area contributed by atoms with Crippen molar-refractivity contribution in [1.82, 2.24) is 0 Å². The molecule has 0 bridgehead atoms. The summed E-state index contributed by atoms with van der Waals surface area (Å²) >= 11 is 0. The summed E-state index contributed by atoms with van der Waals surface area (Å²) < 4.78 is 0. The van der Waals surface area contributed by atoms with Gasteiger partial charge in [-0.3, -0.25) is 0 Å². The minimum absolute atomic E-state index is 0. The fourth-order valence-electron chi connectivity index (χ4n) is 0. The van der Waals surface area contributed by atoms with Crippen LogP contribution < -0.4 is 0 Å². The molecule has 0 rings (SSSR count). The first-order chi connectivity index (χ1) is 0. The number of rotatable bonds is 0. The van der Waals surface area contributed by atoms with Crippen molar-refractivity contribution in [1.29, 1.82) is 0 Å². The minimum Gasteiger partial charge on any atom is -0.412 e. The predicted octanol–water partition coefficient (Wildman–Crippen LogP) is -4.44. The Hall–Kier alpha value is 1.07.